The Morgan fingerprint density at radius 1 is 1.47 bits per heavy atom. The van der Waals surface area contributed by atoms with E-state index in [2.05, 4.69) is 4.74 Å². The number of alkyl halides is 2. The summed E-state index contributed by atoms with van der Waals surface area (Å²) >= 11 is 0. The first-order valence-electron chi connectivity index (χ1n) is 3.85. The quantitative estimate of drug-likeness (QED) is 0.579. The van der Waals surface area contributed by atoms with Crippen LogP contribution in [0.2, 0.25) is 0 Å². The third kappa shape index (κ3) is 3.12. The van der Waals surface area contributed by atoms with Gasteiger partial charge in [-0.15, -0.1) is 0 Å². The molecule has 1 rings (SSSR count). The molecule has 0 saturated carbocycles. The van der Waals surface area contributed by atoms with Gasteiger partial charge < -0.3 is 4.74 Å². The molecule has 0 radical (unpaired) electrons. The predicted molar refractivity (Wildman–Crippen MR) is 44.6 cm³/mol. The van der Waals surface area contributed by atoms with Crippen molar-refractivity contribution in [1.82, 2.24) is 0 Å². The minimum absolute atomic E-state index is 0.500. The molecule has 0 heterocycles. The number of nitrogens with zero attached hydrogens (tertiary/aromatic N) is 1. The van der Waals surface area contributed by atoms with Crippen LogP contribution >= 0.6 is 0 Å². The molecule has 0 aliphatic carbocycles. The van der Waals surface area contributed by atoms with Gasteiger partial charge in [-0.2, -0.15) is 0 Å². The largest absolute Gasteiger partial charge is 0.481 e. The maximum atomic E-state index is 12.6. The number of nitro benzene ring substituents is 1. The van der Waals surface area contributed by atoms with E-state index in [9.17, 15) is 23.3 Å². The molecule has 0 spiro atoms. The van der Waals surface area contributed by atoms with Crippen LogP contribution in [0.1, 0.15) is 0 Å². The van der Waals surface area contributed by atoms with Gasteiger partial charge in [-0.1, -0.05) is 0 Å². The number of hydrogen-bond acceptors (Lipinski definition) is 3. The zero-order valence-corrected chi connectivity index (χ0v) is 7.32. The molecule has 7 heteroatoms. The van der Waals surface area contributed by atoms with Gasteiger partial charge >= 0.3 is 5.69 Å². The number of benzene rings is 1. The van der Waals surface area contributed by atoms with Crippen LogP contribution in [0.15, 0.2) is 18.2 Å². The number of rotatable bonds is 4. The molecule has 0 bridgehead atoms. The fourth-order valence-corrected chi connectivity index (χ4v) is 0.907. The Balaban J connectivity index is 2.92. The van der Waals surface area contributed by atoms with E-state index < -0.39 is 35.2 Å². The van der Waals surface area contributed by atoms with Crippen LogP contribution in [0.25, 0.3) is 0 Å². The average molecular weight is 221 g/mol. The van der Waals surface area contributed by atoms with Crippen molar-refractivity contribution in [2.75, 3.05) is 6.61 Å². The van der Waals surface area contributed by atoms with Crippen LogP contribution in [0.5, 0.6) is 5.75 Å². The number of hydrogen-bond donors (Lipinski definition) is 0. The van der Waals surface area contributed by atoms with Crippen molar-refractivity contribution in [2.24, 2.45) is 0 Å². The summed E-state index contributed by atoms with van der Waals surface area (Å²) in [5.74, 6) is -1.29. The molecular formula is C8H6F3NO3. The van der Waals surface area contributed by atoms with Crippen molar-refractivity contribution in [3.05, 3.63) is 34.1 Å². The van der Waals surface area contributed by atoms with E-state index in [-0.39, 0.29) is 0 Å². The fraction of sp³-hybridized carbons (Fsp3) is 0.250. The molecule has 0 saturated heterocycles. The smallest absolute Gasteiger partial charge is 0.311 e. The molecule has 1 aromatic rings. The predicted octanol–water partition coefficient (Wildman–Crippen LogP) is 2.38. The normalized spacial score (nSPS) is 10.4. The Morgan fingerprint density at radius 2 is 2.13 bits per heavy atom. The summed E-state index contributed by atoms with van der Waals surface area (Å²) in [5.41, 5.74) is -0.544. The molecule has 0 aliphatic heterocycles. The highest BCUT2D eigenvalue weighted by Gasteiger charge is 2.17. The van der Waals surface area contributed by atoms with E-state index in [1.54, 1.807) is 0 Å². The molecule has 0 atom stereocenters. The van der Waals surface area contributed by atoms with E-state index in [4.69, 9.17) is 0 Å². The summed E-state index contributed by atoms with van der Waals surface area (Å²) < 4.78 is 40.6. The van der Waals surface area contributed by atoms with Crippen LogP contribution < -0.4 is 4.74 Å². The third-order valence-electron chi connectivity index (χ3n) is 1.48. The lowest BCUT2D eigenvalue weighted by molar-refractivity contribution is -0.386. The van der Waals surface area contributed by atoms with E-state index in [1.807, 2.05) is 0 Å². The van der Waals surface area contributed by atoms with Crippen molar-refractivity contribution in [2.45, 2.75) is 6.43 Å². The van der Waals surface area contributed by atoms with E-state index in [0.717, 1.165) is 12.1 Å². The first-order chi connectivity index (χ1) is 7.00. The fourth-order valence-electron chi connectivity index (χ4n) is 0.907. The van der Waals surface area contributed by atoms with E-state index >= 15 is 0 Å². The van der Waals surface area contributed by atoms with Gasteiger partial charge in [0.05, 0.1) is 4.92 Å². The average Bonchev–Trinajstić information content (AvgIpc) is 2.14. The zero-order valence-electron chi connectivity index (χ0n) is 7.32. The van der Waals surface area contributed by atoms with Crippen molar-refractivity contribution in [1.29, 1.82) is 0 Å². The Hall–Kier alpha value is -1.79. The topological polar surface area (TPSA) is 52.4 Å². The number of ether oxygens (including phenoxy) is 1. The summed E-state index contributed by atoms with van der Waals surface area (Å²) in [6.45, 7) is -1.01. The Morgan fingerprint density at radius 3 is 2.67 bits per heavy atom. The standard InChI is InChI=1S/C8H6F3NO3/c9-5-1-2-6(12(13)14)7(3-5)15-4-8(10)11/h1-3,8H,4H2. The molecular weight excluding hydrogens is 215 g/mol. The van der Waals surface area contributed by atoms with Crippen molar-refractivity contribution in [3.63, 3.8) is 0 Å². The van der Waals surface area contributed by atoms with Crippen LogP contribution in [-0.2, 0) is 0 Å². The molecule has 0 aliphatic rings. The lowest BCUT2D eigenvalue weighted by atomic mass is 10.3. The van der Waals surface area contributed by atoms with Crippen LogP contribution in [0.4, 0.5) is 18.9 Å². The Bertz CT molecular complexity index is 370. The lowest BCUT2D eigenvalue weighted by Gasteiger charge is -2.05. The van der Waals surface area contributed by atoms with Crippen LogP contribution in [0, 0.1) is 15.9 Å². The molecule has 4 nitrogen and oxygen atoms in total. The van der Waals surface area contributed by atoms with Gasteiger partial charge in [0, 0.05) is 12.1 Å². The second-order valence-corrected chi connectivity index (χ2v) is 2.57. The van der Waals surface area contributed by atoms with Gasteiger partial charge in [0.25, 0.3) is 6.43 Å². The highest BCUT2D eigenvalue weighted by molar-refractivity contribution is 5.46. The summed E-state index contributed by atoms with van der Waals surface area (Å²) in [5, 5.41) is 10.4. The maximum absolute atomic E-state index is 12.6. The minimum Gasteiger partial charge on any atom is -0.481 e. The first kappa shape index (κ1) is 11.3. The minimum atomic E-state index is -2.77. The highest BCUT2D eigenvalue weighted by atomic mass is 19.3. The number of halogens is 3. The monoisotopic (exact) mass is 221 g/mol. The highest BCUT2D eigenvalue weighted by Crippen LogP contribution is 2.27. The molecule has 15 heavy (non-hydrogen) atoms. The Kier molecular flexibility index (Phi) is 3.48. The third-order valence-corrected chi connectivity index (χ3v) is 1.48. The van der Waals surface area contributed by atoms with Crippen LogP contribution in [0.3, 0.4) is 0 Å². The second kappa shape index (κ2) is 4.63. The molecule has 0 N–H and O–H groups in total. The van der Waals surface area contributed by atoms with Crippen molar-refractivity contribution in [3.8, 4) is 5.75 Å². The second-order valence-electron chi connectivity index (χ2n) is 2.57. The molecule has 0 unspecified atom stereocenters. The van der Waals surface area contributed by atoms with Gasteiger partial charge in [-0.25, -0.2) is 13.2 Å². The van der Waals surface area contributed by atoms with Gasteiger partial charge in [0.1, 0.15) is 12.4 Å². The molecule has 82 valence electrons. The van der Waals surface area contributed by atoms with Crippen molar-refractivity contribution < 1.29 is 22.8 Å². The molecule has 0 aromatic heterocycles. The van der Waals surface area contributed by atoms with Gasteiger partial charge in [-0.3, -0.25) is 10.1 Å². The zero-order chi connectivity index (χ0) is 11.4. The summed E-state index contributed by atoms with van der Waals surface area (Å²) in [6.07, 6.45) is -2.77. The van der Waals surface area contributed by atoms with Crippen LogP contribution in [-0.4, -0.2) is 18.0 Å². The van der Waals surface area contributed by atoms with Gasteiger partial charge in [-0.05, 0) is 6.07 Å². The summed E-state index contributed by atoms with van der Waals surface area (Å²) in [6, 6.07) is 2.41. The van der Waals surface area contributed by atoms with Crippen molar-refractivity contribution >= 4 is 5.69 Å². The summed E-state index contributed by atoms with van der Waals surface area (Å²) in [4.78, 5) is 9.56. The molecule has 1 aromatic carbocycles. The van der Waals surface area contributed by atoms with Gasteiger partial charge in [0.15, 0.2) is 5.75 Å². The van der Waals surface area contributed by atoms with E-state index in [1.165, 1.54) is 0 Å². The first-order valence-corrected chi connectivity index (χ1v) is 3.85. The van der Waals surface area contributed by atoms with E-state index in [0.29, 0.717) is 6.07 Å². The maximum Gasteiger partial charge on any atom is 0.311 e. The summed E-state index contributed by atoms with van der Waals surface area (Å²) in [7, 11) is 0. The Labute approximate surface area is 82.4 Å². The lowest BCUT2D eigenvalue weighted by Crippen LogP contribution is -2.08. The SMILES string of the molecule is O=[N+]([O-])c1ccc(F)cc1OCC(F)F. The molecule has 0 amide bonds. The van der Waals surface area contributed by atoms with Gasteiger partial charge in [0.2, 0.25) is 0 Å². The number of nitro groups is 1. The molecule has 0 fully saturated rings.